The minimum atomic E-state index is -0.391. The average Bonchev–Trinajstić information content (AvgIpc) is 2.51. The molecular weight excluding hydrogens is 276 g/mol. The van der Waals surface area contributed by atoms with E-state index in [4.69, 9.17) is 9.47 Å². The lowest BCUT2D eigenvalue weighted by Gasteiger charge is -2.15. The highest BCUT2D eigenvalue weighted by Crippen LogP contribution is 2.15. The summed E-state index contributed by atoms with van der Waals surface area (Å²) in [4.78, 5) is 10.8. The third-order valence-electron chi connectivity index (χ3n) is 2.90. The van der Waals surface area contributed by atoms with Crippen molar-refractivity contribution in [3.05, 3.63) is 53.6 Å². The molecule has 0 radical (unpaired) electrons. The van der Waals surface area contributed by atoms with Crippen LogP contribution < -0.4 is 4.74 Å². The molecule has 0 fully saturated rings. The van der Waals surface area contributed by atoms with Gasteiger partial charge in [0.25, 0.3) is 0 Å². The number of carbonyl (C=O) groups excluding carboxylic acids is 1. The fraction of sp³-hybridized carbons (Fsp3) is 0.316. The largest absolute Gasteiger partial charge is 0.497 e. The zero-order valence-electron chi connectivity index (χ0n) is 13.4. The number of aldehydes is 1. The van der Waals surface area contributed by atoms with E-state index in [1.54, 1.807) is 7.11 Å². The summed E-state index contributed by atoms with van der Waals surface area (Å²) in [5, 5.41) is 0. The van der Waals surface area contributed by atoms with E-state index in [1.165, 1.54) is 0 Å². The highest BCUT2D eigenvalue weighted by molar-refractivity contribution is 5.52. The van der Waals surface area contributed by atoms with Crippen LogP contribution in [0.4, 0.5) is 0 Å². The summed E-state index contributed by atoms with van der Waals surface area (Å²) in [6, 6.07) is 7.59. The third kappa shape index (κ3) is 6.43. The summed E-state index contributed by atoms with van der Waals surface area (Å²) in [5.74, 6) is 6.64. The molecule has 1 aromatic rings. The van der Waals surface area contributed by atoms with Crippen LogP contribution in [0, 0.1) is 11.8 Å². The number of rotatable bonds is 7. The van der Waals surface area contributed by atoms with Crippen LogP contribution in [0.15, 0.2) is 48.1 Å². The normalized spacial score (nSPS) is 10.9. The summed E-state index contributed by atoms with van der Waals surface area (Å²) in [6.45, 7) is 8.24. The van der Waals surface area contributed by atoms with Crippen molar-refractivity contribution in [3.63, 3.8) is 0 Å². The van der Waals surface area contributed by atoms with E-state index in [2.05, 4.69) is 18.4 Å². The van der Waals surface area contributed by atoms with Crippen molar-refractivity contribution < 1.29 is 14.3 Å². The molecular formula is C19H22O3. The van der Waals surface area contributed by atoms with Gasteiger partial charge in [-0.15, -0.1) is 0 Å². The van der Waals surface area contributed by atoms with Crippen molar-refractivity contribution in [2.24, 2.45) is 0 Å². The first-order valence-electron chi connectivity index (χ1n) is 7.08. The summed E-state index contributed by atoms with van der Waals surface area (Å²) in [6.07, 6.45) is 2.50. The molecule has 0 heterocycles. The molecule has 0 unspecified atom stereocenters. The minimum Gasteiger partial charge on any atom is -0.497 e. The molecule has 0 saturated heterocycles. The average molecular weight is 298 g/mol. The number of allylic oxidation sites excluding steroid dienone is 2. The van der Waals surface area contributed by atoms with Crippen LogP contribution in [-0.2, 0) is 16.1 Å². The van der Waals surface area contributed by atoms with E-state index in [-0.39, 0.29) is 6.42 Å². The quantitative estimate of drug-likeness (QED) is 0.569. The molecule has 0 aromatic heterocycles. The predicted molar refractivity (Wildman–Crippen MR) is 88.6 cm³/mol. The number of benzene rings is 1. The number of carbonyl (C=O) groups is 1. The predicted octanol–water partition coefficient (Wildman–Crippen LogP) is 3.70. The van der Waals surface area contributed by atoms with Crippen molar-refractivity contribution in [2.45, 2.75) is 33.0 Å². The first-order valence-corrected chi connectivity index (χ1v) is 7.08. The minimum absolute atomic E-state index is 0.249. The summed E-state index contributed by atoms with van der Waals surface area (Å²) < 4.78 is 10.9. The lowest BCUT2D eigenvalue weighted by atomic mass is 10.1. The van der Waals surface area contributed by atoms with Gasteiger partial charge in [-0.1, -0.05) is 36.1 Å². The van der Waals surface area contributed by atoms with E-state index in [0.29, 0.717) is 12.2 Å². The standard InChI is InChI=1S/C19H22O3/c1-15(2)6-5-7-16(3)19(12-13-20)22-14-17-8-10-18(21-4)11-9-17/h6,8-11,13,19H,3,12,14H2,1-2,4H3/t19-/m0/s1. The Balaban J connectivity index is 2.66. The topological polar surface area (TPSA) is 35.5 Å². The smallest absolute Gasteiger partial charge is 0.122 e. The Kier molecular flexibility index (Phi) is 7.74. The van der Waals surface area contributed by atoms with Crippen LogP contribution in [0.5, 0.6) is 5.75 Å². The molecule has 0 amide bonds. The van der Waals surface area contributed by atoms with E-state index in [0.717, 1.165) is 23.2 Å². The van der Waals surface area contributed by atoms with Crippen LogP contribution >= 0.6 is 0 Å². The molecule has 1 aromatic carbocycles. The molecule has 0 spiro atoms. The Morgan fingerprint density at radius 1 is 1.32 bits per heavy atom. The highest BCUT2D eigenvalue weighted by atomic mass is 16.5. The van der Waals surface area contributed by atoms with Gasteiger partial charge in [0.05, 0.1) is 19.8 Å². The van der Waals surface area contributed by atoms with Gasteiger partial charge in [-0.2, -0.15) is 0 Å². The first-order chi connectivity index (χ1) is 10.6. The molecule has 3 nitrogen and oxygen atoms in total. The molecule has 1 rings (SSSR count). The Morgan fingerprint density at radius 2 is 2.00 bits per heavy atom. The van der Waals surface area contributed by atoms with Crippen molar-refractivity contribution in [1.29, 1.82) is 0 Å². The molecule has 0 saturated carbocycles. The maximum atomic E-state index is 10.8. The van der Waals surface area contributed by atoms with E-state index in [9.17, 15) is 4.79 Å². The van der Waals surface area contributed by atoms with Crippen LogP contribution in [0.25, 0.3) is 0 Å². The molecule has 0 N–H and O–H groups in total. The Bertz CT molecular complexity index is 581. The van der Waals surface area contributed by atoms with Crippen LogP contribution in [0.2, 0.25) is 0 Å². The van der Waals surface area contributed by atoms with E-state index >= 15 is 0 Å². The highest BCUT2D eigenvalue weighted by Gasteiger charge is 2.11. The van der Waals surface area contributed by atoms with Gasteiger partial charge in [0.15, 0.2) is 0 Å². The Morgan fingerprint density at radius 3 is 2.55 bits per heavy atom. The lowest BCUT2D eigenvalue weighted by Crippen LogP contribution is -2.15. The van der Waals surface area contributed by atoms with Gasteiger partial charge in [0.1, 0.15) is 12.0 Å². The number of hydrogen-bond donors (Lipinski definition) is 0. The van der Waals surface area contributed by atoms with Gasteiger partial charge in [-0.3, -0.25) is 0 Å². The number of methoxy groups -OCH3 is 1. The van der Waals surface area contributed by atoms with Gasteiger partial charge in [0.2, 0.25) is 0 Å². The van der Waals surface area contributed by atoms with Crippen molar-refractivity contribution in [3.8, 4) is 17.6 Å². The zero-order valence-corrected chi connectivity index (χ0v) is 13.4. The van der Waals surface area contributed by atoms with Crippen LogP contribution in [0.3, 0.4) is 0 Å². The maximum absolute atomic E-state index is 10.8. The molecule has 22 heavy (non-hydrogen) atoms. The number of ether oxygens (including phenoxy) is 2. The van der Waals surface area contributed by atoms with Crippen LogP contribution in [0.1, 0.15) is 25.8 Å². The molecule has 0 aliphatic heterocycles. The second-order valence-electron chi connectivity index (χ2n) is 5.07. The summed E-state index contributed by atoms with van der Waals surface area (Å²) in [7, 11) is 1.63. The molecule has 0 aliphatic rings. The lowest BCUT2D eigenvalue weighted by molar-refractivity contribution is -0.110. The molecule has 116 valence electrons. The van der Waals surface area contributed by atoms with Gasteiger partial charge in [-0.25, -0.2) is 0 Å². The fourth-order valence-electron chi connectivity index (χ4n) is 1.67. The van der Waals surface area contributed by atoms with E-state index < -0.39 is 6.10 Å². The zero-order chi connectivity index (χ0) is 16.4. The maximum Gasteiger partial charge on any atom is 0.122 e. The van der Waals surface area contributed by atoms with E-state index in [1.807, 2.05) is 44.2 Å². The van der Waals surface area contributed by atoms with Gasteiger partial charge in [-0.05, 0) is 37.6 Å². The van der Waals surface area contributed by atoms with Gasteiger partial charge >= 0.3 is 0 Å². The molecule has 0 bridgehead atoms. The second-order valence-corrected chi connectivity index (χ2v) is 5.07. The van der Waals surface area contributed by atoms with Crippen molar-refractivity contribution >= 4 is 6.29 Å². The molecule has 1 atom stereocenters. The number of hydrogen-bond acceptors (Lipinski definition) is 3. The SMILES string of the molecule is C=C(C#CC=C(C)C)[C@H](CC=O)OCc1ccc(OC)cc1. The van der Waals surface area contributed by atoms with Crippen molar-refractivity contribution in [1.82, 2.24) is 0 Å². The monoisotopic (exact) mass is 298 g/mol. The van der Waals surface area contributed by atoms with Crippen molar-refractivity contribution in [2.75, 3.05) is 7.11 Å². The van der Waals surface area contributed by atoms with Crippen LogP contribution in [-0.4, -0.2) is 19.5 Å². The second kappa shape index (κ2) is 9.59. The third-order valence-corrected chi connectivity index (χ3v) is 2.90. The fourth-order valence-corrected chi connectivity index (χ4v) is 1.67. The molecule has 3 heteroatoms. The van der Waals surface area contributed by atoms with Gasteiger partial charge in [0, 0.05) is 12.0 Å². The van der Waals surface area contributed by atoms with Gasteiger partial charge < -0.3 is 14.3 Å². The Labute approximate surface area is 132 Å². The molecule has 0 aliphatic carbocycles. The first kappa shape index (κ1) is 17.7. The summed E-state index contributed by atoms with van der Waals surface area (Å²) in [5.41, 5.74) is 2.73. The summed E-state index contributed by atoms with van der Waals surface area (Å²) >= 11 is 0. The Hall–Kier alpha value is -2.31.